The summed E-state index contributed by atoms with van der Waals surface area (Å²) in [6.07, 6.45) is 0.214. The van der Waals surface area contributed by atoms with E-state index in [0.717, 1.165) is 31.0 Å². The topological polar surface area (TPSA) is 87.5 Å². The van der Waals surface area contributed by atoms with Crippen LogP contribution in [0.3, 0.4) is 0 Å². The average molecular weight is 413 g/mol. The molecule has 162 valence electrons. The maximum atomic E-state index is 12.9. The molecule has 0 saturated carbocycles. The first-order valence-electron chi connectivity index (χ1n) is 9.47. The highest BCUT2D eigenvalue weighted by atomic mass is 19.4. The van der Waals surface area contributed by atoms with Crippen LogP contribution in [0.2, 0.25) is 0 Å². The molecule has 6 N–H and O–H groups in total. The predicted octanol–water partition coefficient (Wildman–Crippen LogP) is 3.75. The van der Waals surface area contributed by atoms with Crippen molar-refractivity contribution in [3.63, 3.8) is 0 Å². The molecular formula is C21H31F3N4O. The van der Waals surface area contributed by atoms with E-state index in [9.17, 15) is 18.3 Å². The summed E-state index contributed by atoms with van der Waals surface area (Å²) < 4.78 is 38.8. The summed E-state index contributed by atoms with van der Waals surface area (Å²) in [4.78, 5) is 1.96. The summed E-state index contributed by atoms with van der Waals surface area (Å²) in [5.41, 5.74) is 11.1. The minimum atomic E-state index is -4.52. The van der Waals surface area contributed by atoms with Gasteiger partial charge in [-0.15, -0.1) is 0 Å². The Balaban J connectivity index is 2.24. The number of phenols is 1. The molecule has 2 rings (SSSR count). The summed E-state index contributed by atoms with van der Waals surface area (Å²) >= 11 is 0. The number of piperidine rings is 1. The lowest BCUT2D eigenvalue weighted by Crippen LogP contribution is -2.61. The van der Waals surface area contributed by atoms with E-state index in [1.54, 1.807) is 6.08 Å². The number of phenolic OH excluding ortho intramolecular Hbond substituents is 1. The van der Waals surface area contributed by atoms with Crippen molar-refractivity contribution in [1.82, 2.24) is 10.2 Å². The molecule has 1 aromatic rings. The van der Waals surface area contributed by atoms with Crippen molar-refractivity contribution in [3.8, 4) is 5.75 Å². The van der Waals surface area contributed by atoms with Crippen LogP contribution in [0.1, 0.15) is 51.7 Å². The molecule has 0 amide bonds. The summed E-state index contributed by atoms with van der Waals surface area (Å²) in [5, 5.41) is 13.5. The van der Waals surface area contributed by atoms with Gasteiger partial charge in [0.2, 0.25) is 0 Å². The van der Waals surface area contributed by atoms with Gasteiger partial charge >= 0.3 is 6.18 Å². The van der Waals surface area contributed by atoms with Crippen LogP contribution in [0.4, 0.5) is 13.2 Å². The summed E-state index contributed by atoms with van der Waals surface area (Å²) in [6.45, 7) is 8.57. The van der Waals surface area contributed by atoms with Crippen molar-refractivity contribution >= 4 is 5.70 Å². The van der Waals surface area contributed by atoms with Crippen LogP contribution >= 0.6 is 0 Å². The smallest absolute Gasteiger partial charge is 0.416 e. The average Bonchev–Trinajstić information content (AvgIpc) is 2.55. The van der Waals surface area contributed by atoms with E-state index in [-0.39, 0.29) is 34.1 Å². The molecule has 0 aromatic heterocycles. The molecular weight excluding hydrogens is 381 g/mol. The third-order valence-electron chi connectivity index (χ3n) is 5.19. The maximum Gasteiger partial charge on any atom is 0.416 e. The number of nitrogens with two attached hydrogens (primary N) is 2. The van der Waals surface area contributed by atoms with Crippen LogP contribution in [0.25, 0.3) is 5.70 Å². The number of aromatic hydroxyl groups is 1. The second-order valence-corrected chi connectivity index (χ2v) is 9.01. The van der Waals surface area contributed by atoms with E-state index in [1.165, 1.54) is 6.08 Å². The zero-order valence-corrected chi connectivity index (χ0v) is 17.6. The normalized spacial score (nSPS) is 20.6. The number of benzene rings is 1. The first-order valence-corrected chi connectivity index (χ1v) is 9.47. The highest BCUT2D eigenvalue weighted by molar-refractivity contribution is 5.69. The van der Waals surface area contributed by atoms with E-state index < -0.39 is 11.7 Å². The van der Waals surface area contributed by atoms with Gasteiger partial charge in [0.15, 0.2) is 0 Å². The first kappa shape index (κ1) is 22.9. The van der Waals surface area contributed by atoms with Crippen LogP contribution in [0.5, 0.6) is 5.75 Å². The third kappa shape index (κ3) is 5.82. The Labute approximate surface area is 170 Å². The van der Waals surface area contributed by atoms with E-state index in [0.29, 0.717) is 5.82 Å². The minimum Gasteiger partial charge on any atom is -0.507 e. The van der Waals surface area contributed by atoms with E-state index in [4.69, 9.17) is 11.5 Å². The van der Waals surface area contributed by atoms with Crippen LogP contribution in [0.15, 0.2) is 36.2 Å². The first-order chi connectivity index (χ1) is 13.1. The van der Waals surface area contributed by atoms with Crippen molar-refractivity contribution in [2.45, 2.75) is 63.8 Å². The van der Waals surface area contributed by atoms with Gasteiger partial charge in [0.25, 0.3) is 0 Å². The summed E-state index contributed by atoms with van der Waals surface area (Å²) in [5.74, 6) is 0.117. The van der Waals surface area contributed by atoms with Crippen LogP contribution in [-0.2, 0) is 6.18 Å². The van der Waals surface area contributed by atoms with Crippen molar-refractivity contribution in [3.05, 3.63) is 47.3 Å². The standard InChI is InChI=1S/C21H31F3N4O/c1-19(2)11-14(12-20(3,4)27-19)28(5)18(26)9-7-16(25)15-10-13(21(22,23)24)6-8-17(15)29/h6-10,14,27,29H,11-12,25-26H2,1-5H3/b16-7-,18-9+. The van der Waals surface area contributed by atoms with Gasteiger partial charge in [-0.05, 0) is 70.9 Å². The molecule has 29 heavy (non-hydrogen) atoms. The Kier molecular flexibility index (Phi) is 6.18. The minimum absolute atomic E-state index is 0.00378. The van der Waals surface area contributed by atoms with Gasteiger partial charge in [-0.2, -0.15) is 13.2 Å². The fourth-order valence-corrected chi connectivity index (χ4v) is 4.08. The van der Waals surface area contributed by atoms with Crippen LogP contribution < -0.4 is 16.8 Å². The molecule has 0 radical (unpaired) electrons. The molecule has 1 fully saturated rings. The molecule has 0 spiro atoms. The molecule has 1 heterocycles. The Morgan fingerprint density at radius 3 is 2.21 bits per heavy atom. The number of halogens is 3. The lowest BCUT2D eigenvalue weighted by atomic mass is 9.79. The molecule has 1 aliphatic heterocycles. The highest BCUT2D eigenvalue weighted by Gasteiger charge is 2.39. The van der Waals surface area contributed by atoms with Crippen molar-refractivity contribution in [2.75, 3.05) is 7.05 Å². The molecule has 0 aliphatic carbocycles. The molecule has 5 nitrogen and oxygen atoms in total. The van der Waals surface area contributed by atoms with Gasteiger partial charge < -0.3 is 26.8 Å². The highest BCUT2D eigenvalue weighted by Crippen LogP contribution is 2.34. The molecule has 0 unspecified atom stereocenters. The molecule has 1 aliphatic rings. The van der Waals surface area contributed by atoms with Crippen molar-refractivity contribution < 1.29 is 18.3 Å². The molecule has 1 aromatic carbocycles. The van der Waals surface area contributed by atoms with Gasteiger partial charge in [0.05, 0.1) is 11.4 Å². The lowest BCUT2D eigenvalue weighted by molar-refractivity contribution is -0.137. The van der Waals surface area contributed by atoms with Crippen LogP contribution in [-0.4, -0.2) is 34.2 Å². The van der Waals surface area contributed by atoms with Gasteiger partial charge in [-0.3, -0.25) is 0 Å². The number of hydrogen-bond acceptors (Lipinski definition) is 5. The Morgan fingerprint density at radius 1 is 1.14 bits per heavy atom. The van der Waals surface area contributed by atoms with Gasteiger partial charge in [-0.1, -0.05) is 0 Å². The molecule has 8 heteroatoms. The Bertz CT molecular complexity index is 797. The van der Waals surface area contributed by atoms with Gasteiger partial charge in [-0.25, -0.2) is 0 Å². The number of rotatable bonds is 4. The fraction of sp³-hybridized carbons (Fsp3) is 0.524. The third-order valence-corrected chi connectivity index (χ3v) is 5.19. The quantitative estimate of drug-likeness (QED) is 0.566. The van der Waals surface area contributed by atoms with Gasteiger partial charge in [0.1, 0.15) is 5.75 Å². The number of alkyl halides is 3. The monoisotopic (exact) mass is 412 g/mol. The number of nitrogens with one attached hydrogen (secondary N) is 1. The molecule has 0 bridgehead atoms. The lowest BCUT2D eigenvalue weighted by Gasteiger charge is -2.49. The predicted molar refractivity (Wildman–Crippen MR) is 110 cm³/mol. The SMILES string of the molecule is CN(/C(N)=C/C=C(\N)c1cc(C(F)(F)F)ccc1O)C1CC(C)(C)NC(C)(C)C1. The zero-order valence-electron chi connectivity index (χ0n) is 17.6. The van der Waals surface area contributed by atoms with E-state index in [1.807, 2.05) is 11.9 Å². The van der Waals surface area contributed by atoms with E-state index in [2.05, 4.69) is 33.0 Å². The Morgan fingerprint density at radius 2 is 1.69 bits per heavy atom. The molecule has 1 saturated heterocycles. The maximum absolute atomic E-state index is 12.9. The number of hydrogen-bond donors (Lipinski definition) is 4. The van der Waals surface area contributed by atoms with Crippen molar-refractivity contribution in [2.24, 2.45) is 11.5 Å². The largest absolute Gasteiger partial charge is 0.507 e. The Hall–Kier alpha value is -2.35. The molecule has 0 atom stereocenters. The second-order valence-electron chi connectivity index (χ2n) is 9.01. The van der Waals surface area contributed by atoms with Gasteiger partial charge in [0, 0.05) is 35.4 Å². The second kappa shape index (κ2) is 7.82. The number of nitrogens with zero attached hydrogens (tertiary/aromatic N) is 1. The fourth-order valence-electron chi connectivity index (χ4n) is 4.08. The van der Waals surface area contributed by atoms with Crippen LogP contribution in [0, 0.1) is 0 Å². The van der Waals surface area contributed by atoms with Crippen molar-refractivity contribution in [1.29, 1.82) is 0 Å². The van der Waals surface area contributed by atoms with E-state index >= 15 is 0 Å². The zero-order chi connectivity index (χ0) is 22.2. The summed E-state index contributed by atoms with van der Waals surface area (Å²) in [6, 6.07) is 2.81. The summed E-state index contributed by atoms with van der Waals surface area (Å²) in [7, 11) is 1.89. The number of allylic oxidation sites excluding steroid dienone is 2.